The van der Waals surface area contributed by atoms with Crippen LogP contribution in [0.1, 0.15) is 45.1 Å². The van der Waals surface area contributed by atoms with Crippen molar-refractivity contribution >= 4 is 5.78 Å². The molecule has 1 fully saturated rings. The van der Waals surface area contributed by atoms with Crippen LogP contribution in [0, 0.1) is 0 Å². The average molecular weight is 275 g/mol. The lowest BCUT2D eigenvalue weighted by molar-refractivity contribution is -0.130. The lowest BCUT2D eigenvalue weighted by atomic mass is 9.83. The molecule has 0 aliphatic carbocycles. The first kappa shape index (κ1) is 15.0. The molecule has 0 spiro atoms. The summed E-state index contributed by atoms with van der Waals surface area (Å²) in [5.41, 5.74) is 0.586. The molecule has 0 aromatic heterocycles. The van der Waals surface area contributed by atoms with Crippen LogP contribution in [0.3, 0.4) is 0 Å². The van der Waals surface area contributed by atoms with Crippen LogP contribution >= 0.6 is 0 Å². The first-order chi connectivity index (χ1) is 9.62. The second kappa shape index (κ2) is 6.40. The van der Waals surface area contributed by atoms with Gasteiger partial charge in [0.15, 0.2) is 5.78 Å². The molecule has 1 aromatic carbocycles. The highest BCUT2D eigenvalue weighted by Crippen LogP contribution is 2.30. The van der Waals surface area contributed by atoms with Crippen molar-refractivity contribution < 1.29 is 9.90 Å². The zero-order chi connectivity index (χ0) is 14.6. The van der Waals surface area contributed by atoms with Crippen LogP contribution < -0.4 is 0 Å². The molecule has 0 atom stereocenters. The quantitative estimate of drug-likeness (QED) is 0.867. The molecule has 0 radical (unpaired) electrons. The van der Waals surface area contributed by atoms with Gasteiger partial charge in [0.1, 0.15) is 5.75 Å². The third-order valence-corrected chi connectivity index (χ3v) is 4.68. The van der Waals surface area contributed by atoms with Gasteiger partial charge in [0.05, 0.1) is 5.54 Å². The second-order valence-corrected chi connectivity index (χ2v) is 5.70. The van der Waals surface area contributed by atoms with Gasteiger partial charge in [-0.2, -0.15) is 0 Å². The van der Waals surface area contributed by atoms with E-state index in [2.05, 4.69) is 18.7 Å². The number of phenols is 1. The van der Waals surface area contributed by atoms with Gasteiger partial charge in [0.25, 0.3) is 0 Å². The van der Waals surface area contributed by atoms with E-state index >= 15 is 0 Å². The van der Waals surface area contributed by atoms with E-state index in [1.54, 1.807) is 18.2 Å². The van der Waals surface area contributed by atoms with Crippen molar-refractivity contribution in [3.8, 4) is 5.75 Å². The molecule has 0 saturated carbocycles. The minimum atomic E-state index is -0.317. The highest BCUT2D eigenvalue weighted by molar-refractivity contribution is 5.90. The lowest BCUT2D eigenvalue weighted by Gasteiger charge is -2.39. The van der Waals surface area contributed by atoms with Crippen LogP contribution in [0.15, 0.2) is 24.3 Å². The Morgan fingerprint density at radius 1 is 1.25 bits per heavy atom. The second-order valence-electron chi connectivity index (χ2n) is 5.70. The highest BCUT2D eigenvalue weighted by Gasteiger charge is 2.41. The number of phenolic OH excluding ortho intramolecular Hbond substituents is 1. The van der Waals surface area contributed by atoms with Crippen molar-refractivity contribution in [2.24, 2.45) is 0 Å². The Hall–Kier alpha value is -1.35. The molecule has 20 heavy (non-hydrogen) atoms. The summed E-state index contributed by atoms with van der Waals surface area (Å²) in [7, 11) is 0. The maximum atomic E-state index is 12.9. The molecule has 0 unspecified atom stereocenters. The summed E-state index contributed by atoms with van der Waals surface area (Å²) >= 11 is 0. The number of Topliss-reactive ketones (excluding diaryl/α,β-unsaturated/α-hetero) is 1. The van der Waals surface area contributed by atoms with Gasteiger partial charge in [-0.25, -0.2) is 0 Å². The molecule has 1 N–H and O–H groups in total. The van der Waals surface area contributed by atoms with E-state index in [1.807, 2.05) is 6.07 Å². The Labute approximate surface area is 121 Å². The Morgan fingerprint density at radius 3 is 2.45 bits per heavy atom. The Balaban J connectivity index is 2.18. The van der Waals surface area contributed by atoms with E-state index < -0.39 is 0 Å². The van der Waals surface area contributed by atoms with E-state index in [0.717, 1.165) is 31.5 Å². The van der Waals surface area contributed by atoms with Gasteiger partial charge in [0.2, 0.25) is 0 Å². The number of ketones is 1. The summed E-state index contributed by atoms with van der Waals surface area (Å²) < 4.78 is 0. The van der Waals surface area contributed by atoms with Crippen LogP contribution in [0.4, 0.5) is 0 Å². The fourth-order valence-corrected chi connectivity index (χ4v) is 3.43. The van der Waals surface area contributed by atoms with Crippen LogP contribution in [0.25, 0.3) is 0 Å². The number of benzene rings is 1. The highest BCUT2D eigenvalue weighted by atomic mass is 16.3. The normalized spacial score (nSPS) is 16.5. The molecular weight excluding hydrogens is 250 g/mol. The lowest BCUT2D eigenvalue weighted by Crippen LogP contribution is -2.53. The van der Waals surface area contributed by atoms with Crippen LogP contribution in [0.5, 0.6) is 5.75 Å². The van der Waals surface area contributed by atoms with Gasteiger partial charge >= 0.3 is 0 Å². The van der Waals surface area contributed by atoms with E-state index in [-0.39, 0.29) is 17.1 Å². The van der Waals surface area contributed by atoms with Gasteiger partial charge in [-0.1, -0.05) is 26.0 Å². The molecule has 0 bridgehead atoms. The average Bonchev–Trinajstić information content (AvgIpc) is 2.95. The van der Waals surface area contributed by atoms with Gasteiger partial charge in [-0.05, 0) is 56.5 Å². The number of likely N-dealkylation sites (tertiary alicyclic amines) is 1. The SMILES string of the molecule is CCC(CC)(C(=O)Cc1cccc(O)c1)N1CCCC1. The maximum Gasteiger partial charge on any atom is 0.157 e. The standard InChI is InChI=1S/C17H25NO2/c1-3-17(4-2,18-10-5-6-11-18)16(20)13-14-8-7-9-15(19)12-14/h7-9,12,19H,3-6,10-11,13H2,1-2H3. The van der Waals surface area contributed by atoms with E-state index in [4.69, 9.17) is 0 Å². The number of hydrogen-bond donors (Lipinski definition) is 1. The molecule has 3 nitrogen and oxygen atoms in total. The van der Waals surface area contributed by atoms with Crippen molar-refractivity contribution in [1.29, 1.82) is 0 Å². The first-order valence-corrected chi connectivity index (χ1v) is 7.68. The predicted octanol–water partition coefficient (Wildman–Crippen LogP) is 3.16. The van der Waals surface area contributed by atoms with Crippen LogP contribution in [-0.4, -0.2) is 34.4 Å². The summed E-state index contributed by atoms with van der Waals surface area (Å²) in [6.07, 6.45) is 4.52. The zero-order valence-corrected chi connectivity index (χ0v) is 12.6. The number of rotatable bonds is 6. The van der Waals surface area contributed by atoms with Crippen LogP contribution in [-0.2, 0) is 11.2 Å². The van der Waals surface area contributed by atoms with Crippen molar-refractivity contribution in [1.82, 2.24) is 4.90 Å². The minimum Gasteiger partial charge on any atom is -0.508 e. The summed E-state index contributed by atoms with van der Waals surface area (Å²) in [6, 6.07) is 7.05. The Kier molecular flexibility index (Phi) is 4.81. The van der Waals surface area contributed by atoms with E-state index in [0.29, 0.717) is 6.42 Å². The molecular formula is C17H25NO2. The number of hydrogen-bond acceptors (Lipinski definition) is 3. The third kappa shape index (κ3) is 2.88. The zero-order valence-electron chi connectivity index (χ0n) is 12.6. The molecule has 1 aromatic rings. The van der Waals surface area contributed by atoms with Gasteiger partial charge in [-0.3, -0.25) is 9.69 Å². The summed E-state index contributed by atoms with van der Waals surface area (Å²) in [4.78, 5) is 15.2. The molecule has 110 valence electrons. The molecule has 1 saturated heterocycles. The topological polar surface area (TPSA) is 40.5 Å². The van der Waals surface area contributed by atoms with Crippen molar-refractivity contribution in [3.63, 3.8) is 0 Å². The summed E-state index contributed by atoms with van der Waals surface area (Å²) in [5, 5.41) is 9.53. The fourth-order valence-electron chi connectivity index (χ4n) is 3.43. The predicted molar refractivity (Wildman–Crippen MR) is 80.9 cm³/mol. The molecule has 1 aliphatic rings. The first-order valence-electron chi connectivity index (χ1n) is 7.68. The van der Waals surface area contributed by atoms with Crippen molar-refractivity contribution in [2.75, 3.05) is 13.1 Å². The monoisotopic (exact) mass is 275 g/mol. The number of carbonyl (C=O) groups excluding carboxylic acids is 1. The van der Waals surface area contributed by atoms with E-state index in [9.17, 15) is 9.90 Å². The van der Waals surface area contributed by atoms with Crippen molar-refractivity contribution in [3.05, 3.63) is 29.8 Å². The third-order valence-electron chi connectivity index (χ3n) is 4.68. The largest absolute Gasteiger partial charge is 0.508 e. The number of carbonyl (C=O) groups is 1. The molecule has 1 heterocycles. The molecule has 0 amide bonds. The number of aromatic hydroxyl groups is 1. The van der Waals surface area contributed by atoms with Gasteiger partial charge in [-0.15, -0.1) is 0 Å². The molecule has 2 rings (SSSR count). The number of nitrogens with zero attached hydrogens (tertiary/aromatic N) is 1. The Morgan fingerprint density at radius 2 is 1.90 bits per heavy atom. The van der Waals surface area contributed by atoms with E-state index in [1.165, 1.54) is 12.8 Å². The maximum absolute atomic E-state index is 12.9. The smallest absolute Gasteiger partial charge is 0.157 e. The van der Waals surface area contributed by atoms with Crippen molar-refractivity contribution in [2.45, 2.75) is 51.5 Å². The summed E-state index contributed by atoms with van der Waals surface area (Å²) in [5.74, 6) is 0.519. The molecule has 1 aliphatic heterocycles. The van der Waals surface area contributed by atoms with Crippen LogP contribution in [0.2, 0.25) is 0 Å². The van der Waals surface area contributed by atoms with Gasteiger partial charge in [0, 0.05) is 6.42 Å². The Bertz CT molecular complexity index is 460. The van der Waals surface area contributed by atoms with Gasteiger partial charge < -0.3 is 5.11 Å². The fraction of sp³-hybridized carbons (Fsp3) is 0.588. The minimum absolute atomic E-state index is 0.232. The molecule has 3 heteroatoms. The summed E-state index contributed by atoms with van der Waals surface area (Å²) in [6.45, 7) is 6.30.